The predicted octanol–water partition coefficient (Wildman–Crippen LogP) is 4.87. The summed E-state index contributed by atoms with van der Waals surface area (Å²) >= 11 is 0. The van der Waals surface area contributed by atoms with Gasteiger partial charge in [0.05, 0.1) is 19.8 Å². The van der Waals surface area contributed by atoms with Crippen LogP contribution < -0.4 is 0 Å². The van der Waals surface area contributed by atoms with Crippen molar-refractivity contribution < 1.29 is 18.7 Å². The molecule has 4 nitrogen and oxygen atoms in total. The molecule has 0 rings (SSSR count). The molecule has 0 heterocycles. The Morgan fingerprint density at radius 1 is 0.706 bits per heavy atom. The Balaban J connectivity index is -0.0000000393. The van der Waals surface area contributed by atoms with Gasteiger partial charge in [0.25, 0.3) is 0 Å². The normalized spacial score (nSPS) is 7.41. The molecule has 0 bridgehead atoms. The highest BCUT2D eigenvalue weighted by Crippen LogP contribution is 2.38. The largest absolute Gasteiger partial charge is 0.397 e. The van der Waals surface area contributed by atoms with Gasteiger partial charge in [-0.05, 0) is 27.7 Å². The summed E-state index contributed by atoms with van der Waals surface area (Å²) in [6.07, 6.45) is 0. The van der Waals surface area contributed by atoms with Crippen molar-refractivity contribution in [3.63, 3.8) is 0 Å². The maximum absolute atomic E-state index is 7.57. The molecule has 0 saturated carbocycles. The standard InChI is InChI=1S/C6H15O3P.C2H6O.4CH4/c1-4-7-10(8-5-2)9-6-3;1-2-3;;;;/h4-6H2,1-3H3;3H,2H2,1H3;4*1H4. The zero-order valence-electron chi connectivity index (χ0n) is 8.95. The smallest absolute Gasteiger partial charge is 0.332 e. The van der Waals surface area contributed by atoms with E-state index in [1.807, 2.05) is 20.8 Å². The van der Waals surface area contributed by atoms with E-state index in [1.54, 1.807) is 6.92 Å². The molecule has 0 aromatic carbocycles. The number of hydrogen-bond donors (Lipinski definition) is 1. The highest BCUT2D eigenvalue weighted by Gasteiger charge is 2.07. The molecule has 0 unspecified atom stereocenters. The molecule has 0 atom stereocenters. The van der Waals surface area contributed by atoms with Crippen LogP contribution in [0.2, 0.25) is 0 Å². The predicted molar refractivity (Wildman–Crippen MR) is 81.5 cm³/mol. The minimum atomic E-state index is -1.06. The van der Waals surface area contributed by atoms with E-state index < -0.39 is 8.60 Å². The Morgan fingerprint density at radius 3 is 1.00 bits per heavy atom. The molecule has 0 aliphatic carbocycles. The van der Waals surface area contributed by atoms with Crippen LogP contribution in [0.5, 0.6) is 0 Å². The first-order valence-corrected chi connectivity index (χ1v) is 5.65. The van der Waals surface area contributed by atoms with Gasteiger partial charge in [0.2, 0.25) is 0 Å². The molecule has 0 saturated heterocycles. The second-order valence-corrected chi connectivity index (χ2v) is 3.01. The van der Waals surface area contributed by atoms with Gasteiger partial charge >= 0.3 is 8.60 Å². The molecule has 0 aliphatic heterocycles. The van der Waals surface area contributed by atoms with E-state index in [0.29, 0.717) is 19.8 Å². The third-order valence-electron chi connectivity index (χ3n) is 0.704. The Morgan fingerprint density at radius 2 is 0.882 bits per heavy atom. The highest BCUT2D eigenvalue weighted by atomic mass is 31.2. The summed E-state index contributed by atoms with van der Waals surface area (Å²) in [6.45, 7) is 9.64. The van der Waals surface area contributed by atoms with Crippen LogP contribution in [0.25, 0.3) is 0 Å². The summed E-state index contributed by atoms with van der Waals surface area (Å²) in [4.78, 5) is 0. The zero-order chi connectivity index (χ0) is 10.5. The second-order valence-electron chi connectivity index (χ2n) is 1.79. The second kappa shape index (κ2) is 36.0. The van der Waals surface area contributed by atoms with E-state index in [2.05, 4.69) is 0 Å². The van der Waals surface area contributed by atoms with Crippen molar-refractivity contribution in [2.45, 2.75) is 57.4 Å². The Bertz CT molecular complexity index is 70.6. The fourth-order valence-corrected chi connectivity index (χ4v) is 1.28. The first-order valence-electron chi connectivity index (χ1n) is 4.56. The van der Waals surface area contributed by atoms with Crippen molar-refractivity contribution in [1.82, 2.24) is 0 Å². The van der Waals surface area contributed by atoms with E-state index in [4.69, 9.17) is 18.7 Å². The average Bonchev–Trinajstić information content (AvgIpc) is 2.07. The van der Waals surface area contributed by atoms with Crippen molar-refractivity contribution in [3.8, 4) is 0 Å². The minimum absolute atomic E-state index is 0. The topological polar surface area (TPSA) is 47.9 Å². The van der Waals surface area contributed by atoms with Gasteiger partial charge in [-0.25, -0.2) is 0 Å². The Hall–Kier alpha value is 0.270. The summed E-state index contributed by atoms with van der Waals surface area (Å²) in [5, 5.41) is 7.57. The molecule has 0 fully saturated rings. The van der Waals surface area contributed by atoms with E-state index in [-0.39, 0.29) is 36.3 Å². The van der Waals surface area contributed by atoms with E-state index in [0.717, 1.165) is 0 Å². The van der Waals surface area contributed by atoms with E-state index in [1.165, 1.54) is 0 Å². The SMILES string of the molecule is C.C.C.C.CCO.CCOP(OCC)OCC. The molecular formula is C12H37O4P. The van der Waals surface area contributed by atoms with Crippen LogP contribution in [0.1, 0.15) is 57.4 Å². The molecule has 1 N–H and O–H groups in total. The van der Waals surface area contributed by atoms with Crippen LogP contribution in [0, 0.1) is 0 Å². The van der Waals surface area contributed by atoms with Crippen molar-refractivity contribution >= 4 is 8.60 Å². The first kappa shape index (κ1) is 36.0. The average molecular weight is 276 g/mol. The zero-order valence-corrected chi connectivity index (χ0v) is 9.84. The molecule has 0 aromatic heterocycles. The van der Waals surface area contributed by atoms with Crippen LogP contribution >= 0.6 is 8.60 Å². The van der Waals surface area contributed by atoms with Gasteiger partial charge in [-0.1, -0.05) is 29.7 Å². The third kappa shape index (κ3) is 38.6. The molecule has 114 valence electrons. The maximum Gasteiger partial charge on any atom is 0.332 e. The van der Waals surface area contributed by atoms with Crippen LogP contribution in [0.3, 0.4) is 0 Å². The van der Waals surface area contributed by atoms with Crippen molar-refractivity contribution in [2.24, 2.45) is 0 Å². The van der Waals surface area contributed by atoms with Crippen LogP contribution in [-0.2, 0) is 13.6 Å². The van der Waals surface area contributed by atoms with Crippen molar-refractivity contribution in [3.05, 3.63) is 0 Å². The number of rotatable bonds is 6. The van der Waals surface area contributed by atoms with Gasteiger partial charge in [-0.15, -0.1) is 0 Å². The summed E-state index contributed by atoms with van der Waals surface area (Å²) in [6, 6.07) is 0. The van der Waals surface area contributed by atoms with Gasteiger partial charge in [-0.2, -0.15) is 0 Å². The molecule has 0 aliphatic rings. The summed E-state index contributed by atoms with van der Waals surface area (Å²) < 4.78 is 15.4. The fourth-order valence-electron chi connectivity index (χ4n) is 0.428. The quantitative estimate of drug-likeness (QED) is 0.703. The fraction of sp³-hybridized carbons (Fsp3) is 1.00. The maximum atomic E-state index is 7.57. The minimum Gasteiger partial charge on any atom is -0.397 e. The van der Waals surface area contributed by atoms with Crippen LogP contribution in [0.15, 0.2) is 0 Å². The van der Waals surface area contributed by atoms with Gasteiger partial charge in [-0.3, -0.25) is 0 Å². The summed E-state index contributed by atoms with van der Waals surface area (Å²) in [7, 11) is -1.06. The Kier molecular flexibility index (Phi) is 76.2. The lowest BCUT2D eigenvalue weighted by atomic mass is 10.9. The van der Waals surface area contributed by atoms with Gasteiger partial charge in [0, 0.05) is 6.61 Å². The molecular weight excluding hydrogens is 239 g/mol. The van der Waals surface area contributed by atoms with Gasteiger partial charge in [0.15, 0.2) is 0 Å². The number of aliphatic hydroxyl groups is 1. The molecule has 5 heteroatoms. The summed E-state index contributed by atoms with van der Waals surface area (Å²) in [5.41, 5.74) is 0. The monoisotopic (exact) mass is 276 g/mol. The Labute approximate surface area is 112 Å². The van der Waals surface area contributed by atoms with E-state index >= 15 is 0 Å². The molecule has 0 amide bonds. The van der Waals surface area contributed by atoms with E-state index in [9.17, 15) is 0 Å². The summed E-state index contributed by atoms with van der Waals surface area (Å²) in [5.74, 6) is 0. The third-order valence-corrected chi connectivity index (χ3v) is 2.11. The first-order chi connectivity index (χ1) is 6.26. The molecule has 17 heavy (non-hydrogen) atoms. The highest BCUT2D eigenvalue weighted by molar-refractivity contribution is 7.41. The molecule has 0 spiro atoms. The van der Waals surface area contributed by atoms with Crippen molar-refractivity contribution in [2.75, 3.05) is 26.4 Å². The molecule has 0 aromatic rings. The lowest BCUT2D eigenvalue weighted by Crippen LogP contribution is -1.94. The lowest BCUT2D eigenvalue weighted by molar-refractivity contribution is 0.176. The van der Waals surface area contributed by atoms with Gasteiger partial charge in [0.1, 0.15) is 0 Å². The van der Waals surface area contributed by atoms with Crippen LogP contribution in [-0.4, -0.2) is 31.5 Å². The number of aliphatic hydroxyl groups excluding tert-OH is 1. The lowest BCUT2D eigenvalue weighted by Gasteiger charge is -2.12. The number of hydrogen-bond acceptors (Lipinski definition) is 4. The molecule has 0 radical (unpaired) electrons. The van der Waals surface area contributed by atoms with Crippen molar-refractivity contribution in [1.29, 1.82) is 0 Å². The van der Waals surface area contributed by atoms with Gasteiger partial charge < -0.3 is 18.7 Å². The van der Waals surface area contributed by atoms with Crippen LogP contribution in [0.4, 0.5) is 0 Å².